The third-order valence-electron chi connectivity index (χ3n) is 1.90. The highest BCUT2D eigenvalue weighted by atomic mass is 79.9. The van der Waals surface area contributed by atoms with Gasteiger partial charge in [0.25, 0.3) is 5.91 Å². The number of thiophene rings is 1. The van der Waals surface area contributed by atoms with E-state index in [1.165, 1.54) is 11.3 Å². The van der Waals surface area contributed by atoms with Gasteiger partial charge in [-0.2, -0.15) is 0 Å². The van der Waals surface area contributed by atoms with Crippen LogP contribution in [0.5, 0.6) is 0 Å². The number of halogens is 2. The van der Waals surface area contributed by atoms with Gasteiger partial charge in [0.1, 0.15) is 0 Å². The summed E-state index contributed by atoms with van der Waals surface area (Å²) in [5.41, 5.74) is 0. The fraction of sp³-hybridized carbons (Fsp3) is 0.444. The lowest BCUT2D eigenvalue weighted by atomic mass is 10.4. The lowest BCUT2D eigenvalue weighted by Crippen LogP contribution is -2.32. The van der Waals surface area contributed by atoms with Crippen LogP contribution in [0.25, 0.3) is 0 Å². The van der Waals surface area contributed by atoms with Crippen molar-refractivity contribution >= 4 is 49.1 Å². The molecule has 84 valence electrons. The molecule has 0 saturated heterocycles. The summed E-state index contributed by atoms with van der Waals surface area (Å²) in [6.45, 7) is 1.51. The minimum absolute atomic E-state index is 0.0571. The summed E-state index contributed by atoms with van der Waals surface area (Å²) in [5.74, 6) is 0.0571. The van der Waals surface area contributed by atoms with Gasteiger partial charge in [-0.25, -0.2) is 0 Å². The van der Waals surface area contributed by atoms with Crippen LogP contribution in [0.2, 0.25) is 0 Å². The van der Waals surface area contributed by atoms with Crippen molar-refractivity contribution in [2.45, 2.75) is 0 Å². The maximum atomic E-state index is 11.9. The average Bonchev–Trinajstić information content (AvgIpc) is 2.54. The molecule has 3 nitrogen and oxygen atoms in total. The Hall–Kier alpha value is 0.0900. The number of carbonyl (C=O) groups excluding carboxylic acids is 1. The third-order valence-corrected chi connectivity index (χ3v) is 5.14. The van der Waals surface area contributed by atoms with Crippen LogP contribution in [-0.4, -0.2) is 38.0 Å². The molecule has 1 amide bonds. The molecule has 15 heavy (non-hydrogen) atoms. The summed E-state index contributed by atoms with van der Waals surface area (Å²) in [6.07, 6.45) is 0. The number of likely N-dealkylation sites (N-methyl/N-ethyl adjacent to an activating group) is 2. The lowest BCUT2D eigenvalue weighted by Gasteiger charge is -2.15. The average molecular weight is 356 g/mol. The van der Waals surface area contributed by atoms with Gasteiger partial charge in [-0.15, -0.1) is 11.3 Å². The van der Waals surface area contributed by atoms with Crippen molar-refractivity contribution < 1.29 is 4.79 Å². The Labute approximate surface area is 110 Å². The van der Waals surface area contributed by atoms with Crippen LogP contribution in [0.4, 0.5) is 0 Å². The molecule has 1 heterocycles. The van der Waals surface area contributed by atoms with Gasteiger partial charge >= 0.3 is 0 Å². The first-order chi connectivity index (χ1) is 7.06. The molecule has 6 heteroatoms. The van der Waals surface area contributed by atoms with E-state index in [4.69, 9.17) is 0 Å². The van der Waals surface area contributed by atoms with E-state index in [0.717, 1.165) is 19.7 Å². The fourth-order valence-corrected chi connectivity index (χ4v) is 3.05. The third kappa shape index (κ3) is 3.55. The molecule has 0 bridgehead atoms. The highest BCUT2D eigenvalue weighted by molar-refractivity contribution is 9.13. The first kappa shape index (κ1) is 13.2. The molecule has 0 aliphatic rings. The maximum Gasteiger partial charge on any atom is 0.263 e. The van der Waals surface area contributed by atoms with E-state index in [9.17, 15) is 4.79 Å². The number of carbonyl (C=O) groups is 1. The molecule has 0 aromatic carbocycles. The number of hydrogen-bond acceptors (Lipinski definition) is 3. The van der Waals surface area contributed by atoms with Crippen LogP contribution in [0.1, 0.15) is 9.67 Å². The first-order valence-electron chi connectivity index (χ1n) is 4.41. The smallest absolute Gasteiger partial charge is 0.263 e. The zero-order chi connectivity index (χ0) is 11.4. The van der Waals surface area contributed by atoms with Crippen molar-refractivity contribution in [3.05, 3.63) is 19.2 Å². The van der Waals surface area contributed by atoms with Crippen LogP contribution in [-0.2, 0) is 0 Å². The van der Waals surface area contributed by atoms with E-state index in [-0.39, 0.29) is 5.91 Å². The van der Waals surface area contributed by atoms with Gasteiger partial charge in [0.2, 0.25) is 0 Å². The molecule has 0 spiro atoms. The van der Waals surface area contributed by atoms with Crippen LogP contribution < -0.4 is 5.32 Å². The van der Waals surface area contributed by atoms with Crippen molar-refractivity contribution in [1.82, 2.24) is 10.2 Å². The Morgan fingerprint density at radius 3 is 2.73 bits per heavy atom. The van der Waals surface area contributed by atoms with Crippen molar-refractivity contribution in [3.8, 4) is 0 Å². The second kappa shape index (κ2) is 5.98. The topological polar surface area (TPSA) is 32.3 Å². The Bertz CT molecular complexity index is 334. The fourth-order valence-electron chi connectivity index (χ4n) is 1.02. The van der Waals surface area contributed by atoms with Crippen molar-refractivity contribution in [2.75, 3.05) is 27.2 Å². The summed E-state index contributed by atoms with van der Waals surface area (Å²) in [4.78, 5) is 14.3. The molecule has 0 unspecified atom stereocenters. The monoisotopic (exact) mass is 354 g/mol. The molecule has 1 aromatic heterocycles. The number of nitrogens with zero attached hydrogens (tertiary/aromatic N) is 1. The maximum absolute atomic E-state index is 11.9. The number of nitrogens with one attached hydrogen (secondary N) is 1. The van der Waals surface area contributed by atoms with Crippen molar-refractivity contribution in [2.24, 2.45) is 0 Å². The molecule has 0 saturated carbocycles. The van der Waals surface area contributed by atoms with E-state index in [0.29, 0.717) is 6.54 Å². The standard InChI is InChI=1S/C9H12Br2N2OS/c1-12-3-4-13(2)9(14)7-5-6(10)8(11)15-7/h5,12H,3-4H2,1-2H3. The number of amides is 1. The summed E-state index contributed by atoms with van der Waals surface area (Å²) in [7, 11) is 3.68. The van der Waals surface area contributed by atoms with Crippen molar-refractivity contribution in [1.29, 1.82) is 0 Å². The Morgan fingerprint density at radius 1 is 1.60 bits per heavy atom. The minimum atomic E-state index is 0.0571. The van der Waals surface area contributed by atoms with Crippen molar-refractivity contribution in [3.63, 3.8) is 0 Å². The Morgan fingerprint density at radius 2 is 2.27 bits per heavy atom. The molecule has 0 aliphatic heterocycles. The van der Waals surface area contributed by atoms with Gasteiger partial charge < -0.3 is 10.2 Å². The highest BCUT2D eigenvalue weighted by Crippen LogP contribution is 2.32. The molecule has 0 aliphatic carbocycles. The van der Waals surface area contributed by atoms with E-state index >= 15 is 0 Å². The van der Waals surface area contributed by atoms with E-state index in [1.54, 1.807) is 11.9 Å². The zero-order valence-electron chi connectivity index (χ0n) is 8.51. The van der Waals surface area contributed by atoms with E-state index in [2.05, 4.69) is 37.2 Å². The molecule has 0 radical (unpaired) electrons. The summed E-state index contributed by atoms with van der Waals surface area (Å²) in [6, 6.07) is 1.84. The van der Waals surface area contributed by atoms with Gasteiger partial charge in [-0.3, -0.25) is 4.79 Å². The van der Waals surface area contributed by atoms with Crippen LogP contribution in [0.15, 0.2) is 14.3 Å². The normalized spacial score (nSPS) is 10.4. The molecule has 0 fully saturated rings. The molecular formula is C9H12Br2N2OS. The van der Waals surface area contributed by atoms with Gasteiger partial charge in [-0.05, 0) is 45.0 Å². The van der Waals surface area contributed by atoms with E-state index < -0.39 is 0 Å². The molecule has 1 N–H and O–H groups in total. The van der Waals surface area contributed by atoms with Crippen LogP contribution in [0.3, 0.4) is 0 Å². The van der Waals surface area contributed by atoms with Gasteiger partial charge in [0.15, 0.2) is 0 Å². The SMILES string of the molecule is CNCCN(C)C(=O)c1cc(Br)c(Br)s1. The Balaban J connectivity index is 2.67. The largest absolute Gasteiger partial charge is 0.340 e. The van der Waals surface area contributed by atoms with Crippen LogP contribution in [0, 0.1) is 0 Å². The first-order valence-corrected chi connectivity index (χ1v) is 6.81. The number of rotatable bonds is 4. The lowest BCUT2D eigenvalue weighted by molar-refractivity contribution is 0.0801. The van der Waals surface area contributed by atoms with Gasteiger partial charge in [0, 0.05) is 24.6 Å². The predicted molar refractivity (Wildman–Crippen MR) is 70.6 cm³/mol. The number of hydrogen-bond donors (Lipinski definition) is 1. The summed E-state index contributed by atoms with van der Waals surface area (Å²) >= 11 is 8.18. The molecule has 1 rings (SSSR count). The zero-order valence-corrected chi connectivity index (χ0v) is 12.5. The van der Waals surface area contributed by atoms with Crippen LogP contribution >= 0.6 is 43.2 Å². The summed E-state index contributed by atoms with van der Waals surface area (Å²) < 4.78 is 1.88. The highest BCUT2D eigenvalue weighted by Gasteiger charge is 2.15. The molecular weight excluding hydrogens is 344 g/mol. The van der Waals surface area contributed by atoms with Gasteiger partial charge in [0.05, 0.1) is 8.66 Å². The molecule has 1 aromatic rings. The predicted octanol–water partition coefficient (Wildman–Crippen LogP) is 2.56. The molecule has 0 atom stereocenters. The summed E-state index contributed by atoms with van der Waals surface area (Å²) in [5, 5.41) is 3.01. The Kier molecular flexibility index (Phi) is 5.25. The van der Waals surface area contributed by atoms with E-state index in [1.807, 2.05) is 13.1 Å². The minimum Gasteiger partial charge on any atom is -0.340 e. The quantitative estimate of drug-likeness (QED) is 0.900. The second-order valence-electron chi connectivity index (χ2n) is 3.06. The second-order valence-corrected chi connectivity index (χ2v) is 6.29. The van der Waals surface area contributed by atoms with Gasteiger partial charge in [-0.1, -0.05) is 0 Å².